The van der Waals surface area contributed by atoms with E-state index in [1.807, 2.05) is 0 Å². The minimum atomic E-state index is -2.04. The first-order valence-corrected chi connectivity index (χ1v) is 12.1. The molecule has 10 nitrogen and oxygen atoms in total. The summed E-state index contributed by atoms with van der Waals surface area (Å²) in [6.45, 7) is -1.35. The van der Waals surface area contributed by atoms with E-state index < -0.39 is 19.5 Å². The molecule has 0 bridgehead atoms. The number of carbonyl (C=O) groups excluding carboxylic acids is 4. The van der Waals surface area contributed by atoms with E-state index in [9.17, 15) is 19.2 Å². The molecule has 196 valence electrons. The average Bonchev–Trinajstić information content (AvgIpc) is 2.83. The van der Waals surface area contributed by atoms with E-state index in [0.29, 0.717) is 11.3 Å². The van der Waals surface area contributed by atoms with Gasteiger partial charge in [-0.15, -0.1) is 0 Å². The number of hydrogen-bond acceptors (Lipinski definition) is 10. The molecule has 0 radical (unpaired) electrons. The van der Waals surface area contributed by atoms with Gasteiger partial charge in [-0.05, 0) is 24.3 Å². The molecule has 37 heavy (non-hydrogen) atoms. The van der Waals surface area contributed by atoms with Gasteiger partial charge in [-0.2, -0.15) is 0 Å². The highest BCUT2D eigenvalue weighted by Gasteiger charge is 2.34. The van der Waals surface area contributed by atoms with Crippen LogP contribution in [0.25, 0.3) is 11.4 Å². The second-order valence-corrected chi connectivity index (χ2v) is 11.3. The first-order chi connectivity index (χ1) is 17.3. The molecule has 0 unspecified atom stereocenters. The second kappa shape index (κ2) is 14.0. The van der Waals surface area contributed by atoms with Crippen molar-refractivity contribution in [2.24, 2.45) is 0 Å². The van der Waals surface area contributed by atoms with E-state index in [2.05, 4.69) is 15.0 Å². The molecule has 2 rings (SSSR count). The third kappa shape index (κ3) is 10.1. The van der Waals surface area contributed by atoms with E-state index in [1.54, 1.807) is 0 Å². The summed E-state index contributed by atoms with van der Waals surface area (Å²) in [5.74, 6) is 0.911. The maximum absolute atomic E-state index is 12.2. The van der Waals surface area contributed by atoms with Crippen LogP contribution in [0.15, 0.2) is 36.4 Å². The molecule has 0 atom stereocenters. The summed E-state index contributed by atoms with van der Waals surface area (Å²) in [5.41, 5.74) is 0.765. The molecule has 0 N–H and O–H groups in total. The number of benzene rings is 1. The summed E-state index contributed by atoms with van der Waals surface area (Å²) in [6, 6.07) is 6.12. The summed E-state index contributed by atoms with van der Waals surface area (Å²) >= 11 is 35.4. The van der Waals surface area contributed by atoms with Gasteiger partial charge in [-0.1, -0.05) is 69.6 Å². The quantitative estimate of drug-likeness (QED) is 0.217. The maximum Gasteiger partial charge on any atom is 0.325 e. The number of carbonyl (C=O) groups is 2. The van der Waals surface area contributed by atoms with Crippen LogP contribution in [0, 0.1) is 0 Å². The molecular formula is C21H14Cl6N4O6. The molecule has 0 aliphatic heterocycles. The Kier molecular flexibility index (Phi) is 11.6. The SMILES string of the molecule is O=C=CCOC(=O)CN(CC(=O)OCC=C=O)c1ccc(-c2nc(C(Cl)(Cl)Cl)nc(C(Cl)(Cl)Cl)n2)cc1. The number of halogens is 6. The Labute approximate surface area is 240 Å². The molecule has 0 spiro atoms. The van der Waals surface area contributed by atoms with Gasteiger partial charge in [-0.25, -0.2) is 24.5 Å². The van der Waals surface area contributed by atoms with Crippen LogP contribution in [0.5, 0.6) is 0 Å². The van der Waals surface area contributed by atoms with Crippen molar-refractivity contribution in [3.05, 3.63) is 48.1 Å². The lowest BCUT2D eigenvalue weighted by Crippen LogP contribution is -2.36. The van der Waals surface area contributed by atoms with Crippen molar-refractivity contribution in [3.8, 4) is 11.4 Å². The third-order valence-corrected chi connectivity index (χ3v) is 5.11. The standard InChI is InChI=1S/C21H14Cl6N4O6/c22-20(23,24)18-28-17(29-19(30-18)21(25,26)27)13-3-5-14(6-4-13)31(11-15(34)36-9-1-7-32)12-16(35)37-10-2-8-33/h1-6H,9-12H2. The zero-order chi connectivity index (χ0) is 27.6. The van der Waals surface area contributed by atoms with Crippen molar-refractivity contribution < 1.29 is 28.7 Å². The Bertz CT molecular complexity index is 1150. The summed E-state index contributed by atoms with van der Waals surface area (Å²) in [5, 5.41) is 0. The monoisotopic (exact) mass is 628 g/mol. The summed E-state index contributed by atoms with van der Waals surface area (Å²) < 4.78 is 5.69. The van der Waals surface area contributed by atoms with E-state index in [-0.39, 0.29) is 43.8 Å². The molecule has 0 aliphatic rings. The summed E-state index contributed by atoms with van der Waals surface area (Å²) in [4.78, 5) is 58.3. The van der Waals surface area contributed by atoms with E-state index in [1.165, 1.54) is 41.0 Å². The van der Waals surface area contributed by atoms with Gasteiger partial charge in [0, 0.05) is 23.4 Å². The minimum Gasteiger partial charge on any atom is -0.459 e. The number of nitrogens with zero attached hydrogens (tertiary/aromatic N) is 4. The van der Waals surface area contributed by atoms with Crippen LogP contribution < -0.4 is 4.90 Å². The minimum absolute atomic E-state index is 0.0101. The van der Waals surface area contributed by atoms with Crippen molar-refractivity contribution in [3.63, 3.8) is 0 Å². The summed E-state index contributed by atoms with van der Waals surface area (Å²) in [6.07, 6.45) is 1.95. The van der Waals surface area contributed by atoms with Crippen LogP contribution in [0.1, 0.15) is 11.6 Å². The van der Waals surface area contributed by atoms with Crippen LogP contribution in [0.3, 0.4) is 0 Å². The van der Waals surface area contributed by atoms with Crippen molar-refractivity contribution in [1.29, 1.82) is 0 Å². The van der Waals surface area contributed by atoms with Crippen LogP contribution in [0.4, 0.5) is 5.69 Å². The Morgan fingerprint density at radius 1 is 0.784 bits per heavy atom. The second-order valence-electron chi connectivity index (χ2n) is 6.71. The highest BCUT2D eigenvalue weighted by atomic mass is 35.6. The molecular weight excluding hydrogens is 617 g/mol. The highest BCUT2D eigenvalue weighted by Crippen LogP contribution is 2.40. The van der Waals surface area contributed by atoms with E-state index >= 15 is 0 Å². The zero-order valence-corrected chi connectivity index (χ0v) is 22.8. The first-order valence-electron chi connectivity index (χ1n) is 9.81. The molecule has 0 amide bonds. The first kappa shape index (κ1) is 30.8. The largest absolute Gasteiger partial charge is 0.459 e. The van der Waals surface area contributed by atoms with Gasteiger partial charge in [0.1, 0.15) is 38.2 Å². The third-order valence-electron chi connectivity index (χ3n) is 4.10. The fraction of sp³-hybridized carbons (Fsp3) is 0.286. The van der Waals surface area contributed by atoms with Crippen LogP contribution in [0.2, 0.25) is 0 Å². The van der Waals surface area contributed by atoms with Gasteiger partial charge in [-0.3, -0.25) is 9.59 Å². The highest BCUT2D eigenvalue weighted by molar-refractivity contribution is 6.67. The van der Waals surface area contributed by atoms with Crippen molar-refractivity contribution in [2.75, 3.05) is 31.2 Å². The predicted octanol–water partition coefficient (Wildman–Crippen LogP) is 3.86. The van der Waals surface area contributed by atoms with Gasteiger partial charge in [0.05, 0.1) is 0 Å². The number of ether oxygens (including phenoxy) is 2. The molecule has 1 heterocycles. The van der Waals surface area contributed by atoms with Gasteiger partial charge >= 0.3 is 11.9 Å². The fourth-order valence-electron chi connectivity index (χ4n) is 2.56. The lowest BCUT2D eigenvalue weighted by Gasteiger charge is -2.23. The number of anilines is 1. The average molecular weight is 631 g/mol. The number of esters is 2. The molecule has 16 heteroatoms. The molecule has 1 aromatic heterocycles. The molecule has 0 fully saturated rings. The van der Waals surface area contributed by atoms with Crippen molar-refractivity contribution in [2.45, 2.75) is 7.59 Å². The lowest BCUT2D eigenvalue weighted by atomic mass is 10.1. The molecule has 2 aromatic rings. The van der Waals surface area contributed by atoms with Crippen LogP contribution >= 0.6 is 69.6 Å². The molecule has 0 saturated carbocycles. The van der Waals surface area contributed by atoms with Crippen molar-refractivity contribution >= 4 is 99.1 Å². The van der Waals surface area contributed by atoms with Gasteiger partial charge in [0.25, 0.3) is 0 Å². The van der Waals surface area contributed by atoms with Gasteiger partial charge in [0.2, 0.25) is 7.59 Å². The lowest BCUT2D eigenvalue weighted by molar-refractivity contribution is -0.141. The number of rotatable bonds is 10. The maximum atomic E-state index is 12.2. The molecule has 0 saturated heterocycles. The van der Waals surface area contributed by atoms with Crippen molar-refractivity contribution in [1.82, 2.24) is 15.0 Å². The van der Waals surface area contributed by atoms with Gasteiger partial charge in [0.15, 0.2) is 17.5 Å². The van der Waals surface area contributed by atoms with E-state index in [4.69, 9.17) is 79.1 Å². The number of alkyl halides is 6. The predicted molar refractivity (Wildman–Crippen MR) is 138 cm³/mol. The van der Waals surface area contributed by atoms with Gasteiger partial charge < -0.3 is 14.4 Å². The molecule has 1 aromatic carbocycles. The molecule has 0 aliphatic carbocycles. The summed E-state index contributed by atoms with van der Waals surface area (Å²) in [7, 11) is 0. The fourth-order valence-corrected chi connectivity index (χ4v) is 3.07. The normalized spacial score (nSPS) is 11.1. The van der Waals surface area contributed by atoms with Crippen LogP contribution in [-0.2, 0) is 36.2 Å². The Balaban J connectivity index is 2.38. The topological polar surface area (TPSA) is 129 Å². The van der Waals surface area contributed by atoms with E-state index in [0.717, 1.165) is 12.2 Å². The Morgan fingerprint density at radius 2 is 1.22 bits per heavy atom. The Morgan fingerprint density at radius 3 is 1.59 bits per heavy atom. The number of hydrogen-bond donors (Lipinski definition) is 0. The zero-order valence-electron chi connectivity index (χ0n) is 18.3. The Hall–Kier alpha value is -2.39. The number of aromatic nitrogens is 3. The smallest absolute Gasteiger partial charge is 0.325 e. The van der Waals surface area contributed by atoms with Crippen LogP contribution in [-0.4, -0.2) is 65.1 Å².